The van der Waals surface area contributed by atoms with Crippen LogP contribution >= 0.6 is 0 Å². The Kier molecular flexibility index (Phi) is 3.24. The molecule has 0 amide bonds. The highest BCUT2D eigenvalue weighted by Gasteiger charge is 2.38. The summed E-state index contributed by atoms with van der Waals surface area (Å²) in [7, 11) is -4.31. The number of nitrogens with zero attached hydrogens (tertiary/aromatic N) is 1. The molecule has 10 heteroatoms. The number of nitro benzene ring substituents is 1. The number of sulfonamides is 1. The molecule has 7 nitrogen and oxygen atoms in total. The summed E-state index contributed by atoms with van der Waals surface area (Å²) >= 11 is 0. The smallest absolute Gasteiger partial charge is 0.306 e. The fraction of sp³-hybridized carbons (Fsp3) is 0.333. The van der Waals surface area contributed by atoms with Gasteiger partial charge in [0.2, 0.25) is 15.8 Å². The van der Waals surface area contributed by atoms with Crippen LogP contribution in [0.4, 0.5) is 14.5 Å². The summed E-state index contributed by atoms with van der Waals surface area (Å²) in [4.78, 5) is 8.41. The summed E-state index contributed by atoms with van der Waals surface area (Å²) in [5, 5.41) is 10.5. The Bertz CT molecular complexity index is 649. The highest BCUT2D eigenvalue weighted by Crippen LogP contribution is 2.27. The molecule has 19 heavy (non-hydrogen) atoms. The van der Waals surface area contributed by atoms with Crippen molar-refractivity contribution in [3.63, 3.8) is 0 Å². The fourth-order valence-electron chi connectivity index (χ4n) is 1.48. The number of hydrogen-bond donors (Lipinski definition) is 2. The van der Waals surface area contributed by atoms with Crippen LogP contribution in [0.2, 0.25) is 0 Å². The molecule has 0 aromatic heterocycles. The first kappa shape index (κ1) is 13.8. The second-order valence-corrected chi connectivity index (χ2v) is 5.80. The Morgan fingerprint density at radius 3 is 2.42 bits per heavy atom. The van der Waals surface area contributed by atoms with Gasteiger partial charge in [0.1, 0.15) is 10.7 Å². The third kappa shape index (κ3) is 2.69. The van der Waals surface area contributed by atoms with E-state index in [4.69, 9.17) is 5.73 Å². The van der Waals surface area contributed by atoms with Gasteiger partial charge in [-0.15, -0.1) is 0 Å². The zero-order valence-corrected chi connectivity index (χ0v) is 10.2. The van der Waals surface area contributed by atoms with Crippen LogP contribution in [0.1, 0.15) is 6.42 Å². The maximum atomic E-state index is 13.4. The summed E-state index contributed by atoms with van der Waals surface area (Å²) < 4.78 is 52.2. The monoisotopic (exact) mass is 293 g/mol. The predicted octanol–water partition coefficient (Wildman–Crippen LogP) is 0.251. The molecule has 0 aliphatic heterocycles. The van der Waals surface area contributed by atoms with Crippen molar-refractivity contribution in [3.8, 4) is 0 Å². The zero-order valence-electron chi connectivity index (χ0n) is 9.34. The molecule has 1 aromatic rings. The van der Waals surface area contributed by atoms with E-state index < -0.39 is 43.2 Å². The second kappa shape index (κ2) is 4.47. The third-order valence-electron chi connectivity index (χ3n) is 2.63. The van der Waals surface area contributed by atoms with Crippen molar-refractivity contribution in [2.45, 2.75) is 23.4 Å². The number of benzene rings is 1. The van der Waals surface area contributed by atoms with Gasteiger partial charge in [-0.25, -0.2) is 17.5 Å². The summed E-state index contributed by atoms with van der Waals surface area (Å²) in [5.41, 5.74) is 4.29. The van der Waals surface area contributed by atoms with Crippen LogP contribution in [0.15, 0.2) is 17.0 Å². The van der Waals surface area contributed by atoms with Crippen LogP contribution in [0.25, 0.3) is 0 Å². The molecule has 0 radical (unpaired) electrons. The van der Waals surface area contributed by atoms with Gasteiger partial charge in [0.15, 0.2) is 0 Å². The molecule has 104 valence electrons. The minimum atomic E-state index is -4.31. The van der Waals surface area contributed by atoms with E-state index >= 15 is 0 Å². The molecule has 1 aliphatic rings. The van der Waals surface area contributed by atoms with Gasteiger partial charge in [0.25, 0.3) is 0 Å². The molecule has 2 atom stereocenters. The van der Waals surface area contributed by atoms with E-state index in [2.05, 4.69) is 4.72 Å². The topological polar surface area (TPSA) is 115 Å². The van der Waals surface area contributed by atoms with Crippen molar-refractivity contribution in [1.82, 2.24) is 4.72 Å². The largest absolute Gasteiger partial charge is 0.326 e. The molecular formula is C9H9F2N3O4S. The quantitative estimate of drug-likeness (QED) is 0.610. The molecule has 3 N–H and O–H groups in total. The van der Waals surface area contributed by atoms with Gasteiger partial charge in [0.05, 0.1) is 4.92 Å². The fourth-order valence-corrected chi connectivity index (χ4v) is 2.86. The number of nitrogens with one attached hydrogen (secondary N) is 1. The Morgan fingerprint density at radius 1 is 1.37 bits per heavy atom. The van der Waals surface area contributed by atoms with Crippen LogP contribution in [-0.2, 0) is 10.0 Å². The number of rotatable bonds is 4. The van der Waals surface area contributed by atoms with Gasteiger partial charge >= 0.3 is 5.69 Å². The van der Waals surface area contributed by atoms with Crippen molar-refractivity contribution in [2.24, 2.45) is 5.73 Å². The molecule has 1 fully saturated rings. The van der Waals surface area contributed by atoms with Gasteiger partial charge < -0.3 is 5.73 Å². The van der Waals surface area contributed by atoms with Gasteiger partial charge in [0, 0.05) is 24.2 Å². The standard InChI is InChI=1S/C9H9F2N3O4S/c10-4-1-5(11)9(3-8(4)14(15)16)19(17,18)13-7-2-6(7)12/h1,3,6-7,13H,2,12H2. The van der Waals surface area contributed by atoms with Crippen LogP contribution in [-0.4, -0.2) is 25.4 Å². The van der Waals surface area contributed by atoms with E-state index in [1.165, 1.54) is 0 Å². The minimum absolute atomic E-state index is 0.166. The lowest BCUT2D eigenvalue weighted by atomic mass is 10.3. The maximum Gasteiger partial charge on any atom is 0.306 e. The van der Waals surface area contributed by atoms with Crippen molar-refractivity contribution in [1.29, 1.82) is 0 Å². The molecule has 2 unspecified atom stereocenters. The average molecular weight is 293 g/mol. The van der Waals surface area contributed by atoms with Crippen LogP contribution < -0.4 is 10.5 Å². The van der Waals surface area contributed by atoms with Crippen LogP contribution in [0.5, 0.6) is 0 Å². The van der Waals surface area contributed by atoms with Crippen molar-refractivity contribution < 1.29 is 22.1 Å². The molecule has 1 aliphatic carbocycles. The summed E-state index contributed by atoms with van der Waals surface area (Å²) in [6.45, 7) is 0. The molecular weight excluding hydrogens is 284 g/mol. The minimum Gasteiger partial charge on any atom is -0.326 e. The van der Waals surface area contributed by atoms with E-state index in [1.807, 2.05) is 0 Å². The molecule has 1 aromatic carbocycles. The molecule has 0 saturated heterocycles. The van der Waals surface area contributed by atoms with Crippen molar-refractivity contribution >= 4 is 15.7 Å². The summed E-state index contributed by atoms with van der Waals surface area (Å²) in [6.07, 6.45) is 0.393. The average Bonchev–Trinajstić information content (AvgIpc) is 2.91. The molecule has 2 rings (SSSR count). The van der Waals surface area contributed by atoms with Crippen LogP contribution in [0, 0.1) is 21.7 Å². The lowest BCUT2D eigenvalue weighted by Gasteiger charge is -2.07. The maximum absolute atomic E-state index is 13.4. The lowest BCUT2D eigenvalue weighted by Crippen LogP contribution is -2.30. The molecule has 1 saturated carbocycles. The molecule has 0 bridgehead atoms. The summed E-state index contributed by atoms with van der Waals surface area (Å²) in [6, 6.07) is -0.387. The van der Waals surface area contributed by atoms with Crippen molar-refractivity contribution in [3.05, 3.63) is 33.9 Å². The van der Waals surface area contributed by atoms with E-state index in [9.17, 15) is 27.3 Å². The number of hydrogen-bond acceptors (Lipinski definition) is 5. The van der Waals surface area contributed by atoms with E-state index in [0.29, 0.717) is 12.5 Å². The molecule has 0 spiro atoms. The van der Waals surface area contributed by atoms with Gasteiger partial charge in [-0.2, -0.15) is 4.39 Å². The van der Waals surface area contributed by atoms with Gasteiger partial charge in [-0.1, -0.05) is 0 Å². The van der Waals surface area contributed by atoms with E-state index in [0.717, 1.165) is 0 Å². The number of nitrogens with two attached hydrogens (primary N) is 1. The predicted molar refractivity (Wildman–Crippen MR) is 59.7 cm³/mol. The normalized spacial score (nSPS) is 22.3. The van der Waals surface area contributed by atoms with Gasteiger partial charge in [-0.3, -0.25) is 10.1 Å². The SMILES string of the molecule is NC1CC1NS(=O)(=O)c1cc([N+](=O)[O-])c(F)cc1F. The van der Waals surface area contributed by atoms with Crippen molar-refractivity contribution in [2.75, 3.05) is 0 Å². The highest BCUT2D eigenvalue weighted by molar-refractivity contribution is 7.89. The first-order chi connectivity index (χ1) is 8.72. The van der Waals surface area contributed by atoms with Gasteiger partial charge in [-0.05, 0) is 6.42 Å². The van der Waals surface area contributed by atoms with E-state index in [1.54, 1.807) is 0 Å². The highest BCUT2D eigenvalue weighted by atomic mass is 32.2. The zero-order chi connectivity index (χ0) is 14.4. The first-order valence-electron chi connectivity index (χ1n) is 5.13. The number of nitro groups is 1. The Hall–Kier alpha value is -1.65. The molecule has 0 heterocycles. The van der Waals surface area contributed by atoms with E-state index in [-0.39, 0.29) is 12.1 Å². The van der Waals surface area contributed by atoms with Crippen LogP contribution in [0.3, 0.4) is 0 Å². The Morgan fingerprint density at radius 2 is 1.95 bits per heavy atom. The Labute approximate surface area is 106 Å². The number of halogens is 2. The second-order valence-electron chi connectivity index (χ2n) is 4.12. The third-order valence-corrected chi connectivity index (χ3v) is 4.14. The first-order valence-corrected chi connectivity index (χ1v) is 6.62. The Balaban J connectivity index is 2.43. The lowest BCUT2D eigenvalue weighted by molar-refractivity contribution is -0.387. The summed E-state index contributed by atoms with van der Waals surface area (Å²) in [5.74, 6) is -2.84.